The standard InChI is InChI=1S/C22H23FN4O4/c1-14(2)27-12-17(11-24-27)25-21(28)22(29)26-19-9-15(7-8-20(19)30-3)13-31-18-6-4-5-16(23)10-18/h4-12,14H,13H2,1-3H3,(H,25,28)(H,26,29). The van der Waals surface area contributed by atoms with E-state index in [0.717, 1.165) is 0 Å². The first kappa shape index (κ1) is 21.8. The molecular weight excluding hydrogens is 403 g/mol. The molecule has 0 fully saturated rings. The largest absolute Gasteiger partial charge is 0.495 e. The number of aromatic nitrogens is 2. The van der Waals surface area contributed by atoms with Gasteiger partial charge >= 0.3 is 11.8 Å². The number of nitrogens with zero attached hydrogens (tertiary/aromatic N) is 2. The maximum Gasteiger partial charge on any atom is 0.314 e. The van der Waals surface area contributed by atoms with Gasteiger partial charge in [0, 0.05) is 18.3 Å². The Morgan fingerprint density at radius 2 is 1.90 bits per heavy atom. The summed E-state index contributed by atoms with van der Waals surface area (Å²) in [6, 6.07) is 10.9. The van der Waals surface area contributed by atoms with Crippen molar-refractivity contribution in [1.82, 2.24) is 9.78 Å². The van der Waals surface area contributed by atoms with Crippen LogP contribution in [0.3, 0.4) is 0 Å². The number of carbonyl (C=O) groups excluding carboxylic acids is 2. The Hall–Kier alpha value is -3.88. The van der Waals surface area contributed by atoms with E-state index in [4.69, 9.17) is 9.47 Å². The lowest BCUT2D eigenvalue weighted by Gasteiger charge is -2.13. The van der Waals surface area contributed by atoms with Gasteiger partial charge in [-0.2, -0.15) is 5.10 Å². The normalized spacial score (nSPS) is 10.6. The SMILES string of the molecule is COc1ccc(COc2cccc(F)c2)cc1NC(=O)C(=O)Nc1cnn(C(C)C)c1. The summed E-state index contributed by atoms with van der Waals surface area (Å²) in [6.07, 6.45) is 3.11. The molecule has 0 aliphatic heterocycles. The number of anilines is 2. The van der Waals surface area contributed by atoms with Crippen molar-refractivity contribution < 1.29 is 23.5 Å². The van der Waals surface area contributed by atoms with E-state index in [2.05, 4.69) is 15.7 Å². The van der Waals surface area contributed by atoms with Crippen molar-refractivity contribution in [1.29, 1.82) is 0 Å². The minimum atomic E-state index is -0.862. The van der Waals surface area contributed by atoms with Gasteiger partial charge in [0.2, 0.25) is 0 Å². The van der Waals surface area contributed by atoms with Crippen LogP contribution in [0.1, 0.15) is 25.5 Å². The van der Waals surface area contributed by atoms with Crippen LogP contribution in [0.5, 0.6) is 11.5 Å². The topological polar surface area (TPSA) is 94.5 Å². The highest BCUT2D eigenvalue weighted by Crippen LogP contribution is 2.26. The number of amides is 2. The van der Waals surface area contributed by atoms with Crippen molar-refractivity contribution in [2.75, 3.05) is 17.7 Å². The van der Waals surface area contributed by atoms with Crippen LogP contribution in [0.2, 0.25) is 0 Å². The molecule has 8 nitrogen and oxygen atoms in total. The molecule has 1 heterocycles. The molecule has 0 aliphatic rings. The van der Waals surface area contributed by atoms with Crippen LogP contribution >= 0.6 is 0 Å². The van der Waals surface area contributed by atoms with Crippen molar-refractivity contribution in [2.24, 2.45) is 0 Å². The average Bonchev–Trinajstić information content (AvgIpc) is 3.21. The first-order valence-corrected chi connectivity index (χ1v) is 9.57. The third-order valence-corrected chi connectivity index (χ3v) is 4.31. The number of hydrogen-bond donors (Lipinski definition) is 2. The van der Waals surface area contributed by atoms with E-state index in [1.54, 1.807) is 41.2 Å². The van der Waals surface area contributed by atoms with Crippen LogP contribution in [-0.4, -0.2) is 28.7 Å². The molecule has 2 N–H and O–H groups in total. The van der Waals surface area contributed by atoms with Crippen LogP contribution in [0.15, 0.2) is 54.9 Å². The van der Waals surface area contributed by atoms with Crippen molar-refractivity contribution >= 4 is 23.2 Å². The van der Waals surface area contributed by atoms with E-state index in [9.17, 15) is 14.0 Å². The number of ether oxygens (including phenoxy) is 2. The highest BCUT2D eigenvalue weighted by Gasteiger charge is 2.17. The maximum atomic E-state index is 13.3. The predicted molar refractivity (Wildman–Crippen MR) is 114 cm³/mol. The molecule has 0 aliphatic carbocycles. The summed E-state index contributed by atoms with van der Waals surface area (Å²) < 4.78 is 25.8. The van der Waals surface area contributed by atoms with Gasteiger partial charge in [0.1, 0.15) is 23.9 Å². The molecule has 0 atom stereocenters. The maximum absolute atomic E-state index is 13.3. The molecule has 0 radical (unpaired) electrons. The quantitative estimate of drug-likeness (QED) is 0.561. The summed E-state index contributed by atoms with van der Waals surface area (Å²) in [7, 11) is 1.45. The molecular formula is C22H23FN4O4. The van der Waals surface area contributed by atoms with Crippen LogP contribution < -0.4 is 20.1 Å². The Kier molecular flexibility index (Phi) is 6.86. The summed E-state index contributed by atoms with van der Waals surface area (Å²) in [5.74, 6) is -1.35. The Bertz CT molecular complexity index is 1080. The van der Waals surface area contributed by atoms with Crippen molar-refractivity contribution in [3.05, 3.63) is 66.2 Å². The molecule has 0 saturated carbocycles. The third kappa shape index (κ3) is 5.81. The molecule has 2 amide bonds. The molecule has 9 heteroatoms. The van der Waals surface area contributed by atoms with Crippen LogP contribution in [-0.2, 0) is 16.2 Å². The third-order valence-electron chi connectivity index (χ3n) is 4.31. The molecule has 0 spiro atoms. The minimum Gasteiger partial charge on any atom is -0.495 e. The lowest BCUT2D eigenvalue weighted by molar-refractivity contribution is -0.133. The monoisotopic (exact) mass is 426 g/mol. The highest BCUT2D eigenvalue weighted by atomic mass is 19.1. The summed E-state index contributed by atoms with van der Waals surface area (Å²) in [4.78, 5) is 24.6. The van der Waals surface area contributed by atoms with E-state index in [-0.39, 0.29) is 12.6 Å². The Morgan fingerprint density at radius 3 is 2.58 bits per heavy atom. The van der Waals surface area contributed by atoms with Gasteiger partial charge < -0.3 is 20.1 Å². The van der Waals surface area contributed by atoms with Gasteiger partial charge in [-0.05, 0) is 43.7 Å². The summed E-state index contributed by atoms with van der Waals surface area (Å²) in [5, 5.41) is 9.16. The summed E-state index contributed by atoms with van der Waals surface area (Å²) in [5.41, 5.74) is 1.41. The molecule has 2 aromatic carbocycles. The molecule has 0 saturated heterocycles. The molecule has 0 bridgehead atoms. The smallest absolute Gasteiger partial charge is 0.314 e. The summed E-state index contributed by atoms with van der Waals surface area (Å²) >= 11 is 0. The molecule has 3 aromatic rings. The molecule has 31 heavy (non-hydrogen) atoms. The van der Waals surface area contributed by atoms with Gasteiger partial charge in [-0.1, -0.05) is 12.1 Å². The van der Waals surface area contributed by atoms with Gasteiger partial charge in [0.15, 0.2) is 0 Å². The fourth-order valence-corrected chi connectivity index (χ4v) is 2.72. The van der Waals surface area contributed by atoms with E-state index < -0.39 is 17.6 Å². The van der Waals surface area contributed by atoms with Gasteiger partial charge in [-0.15, -0.1) is 0 Å². The second kappa shape index (κ2) is 9.75. The Balaban J connectivity index is 1.66. The number of halogens is 1. The number of hydrogen-bond acceptors (Lipinski definition) is 5. The number of rotatable bonds is 7. The molecule has 3 rings (SSSR count). The fraction of sp³-hybridized carbons (Fsp3) is 0.227. The molecule has 1 aromatic heterocycles. The van der Waals surface area contributed by atoms with Crippen LogP contribution in [0.25, 0.3) is 0 Å². The first-order valence-electron chi connectivity index (χ1n) is 9.57. The highest BCUT2D eigenvalue weighted by molar-refractivity contribution is 6.43. The molecule has 0 unspecified atom stereocenters. The second-order valence-corrected chi connectivity index (χ2v) is 6.99. The number of methoxy groups -OCH3 is 1. The average molecular weight is 426 g/mol. The first-order chi connectivity index (χ1) is 14.9. The van der Waals surface area contributed by atoms with E-state index in [0.29, 0.717) is 28.4 Å². The van der Waals surface area contributed by atoms with Crippen molar-refractivity contribution in [2.45, 2.75) is 26.5 Å². The van der Waals surface area contributed by atoms with Gasteiger partial charge in [-0.3, -0.25) is 14.3 Å². The zero-order valence-electron chi connectivity index (χ0n) is 17.4. The predicted octanol–water partition coefficient (Wildman–Crippen LogP) is 3.77. The zero-order chi connectivity index (χ0) is 22.4. The lowest BCUT2D eigenvalue weighted by Crippen LogP contribution is -2.29. The fourth-order valence-electron chi connectivity index (χ4n) is 2.72. The van der Waals surface area contributed by atoms with Gasteiger partial charge in [-0.25, -0.2) is 4.39 Å². The Morgan fingerprint density at radius 1 is 1.13 bits per heavy atom. The molecule has 162 valence electrons. The second-order valence-electron chi connectivity index (χ2n) is 6.99. The van der Waals surface area contributed by atoms with Gasteiger partial charge in [0.25, 0.3) is 0 Å². The van der Waals surface area contributed by atoms with Crippen LogP contribution in [0.4, 0.5) is 15.8 Å². The van der Waals surface area contributed by atoms with E-state index in [1.807, 2.05) is 13.8 Å². The number of benzene rings is 2. The Labute approximate surface area is 179 Å². The summed E-state index contributed by atoms with van der Waals surface area (Å²) in [6.45, 7) is 4.03. The van der Waals surface area contributed by atoms with Gasteiger partial charge in [0.05, 0.1) is 24.7 Å². The number of nitrogens with one attached hydrogen (secondary N) is 2. The van der Waals surface area contributed by atoms with Crippen LogP contribution in [0, 0.1) is 5.82 Å². The van der Waals surface area contributed by atoms with Crippen molar-refractivity contribution in [3.8, 4) is 11.5 Å². The van der Waals surface area contributed by atoms with E-state index >= 15 is 0 Å². The van der Waals surface area contributed by atoms with Crippen molar-refractivity contribution in [3.63, 3.8) is 0 Å². The number of carbonyl (C=O) groups is 2. The zero-order valence-corrected chi connectivity index (χ0v) is 17.4. The lowest BCUT2D eigenvalue weighted by atomic mass is 10.2. The van der Waals surface area contributed by atoms with E-state index in [1.165, 1.54) is 25.4 Å². The minimum absolute atomic E-state index is 0.126.